The van der Waals surface area contributed by atoms with Crippen LogP contribution >= 0.6 is 0 Å². The zero-order valence-corrected chi connectivity index (χ0v) is 9.48. The Labute approximate surface area is 97.0 Å². The van der Waals surface area contributed by atoms with Crippen LogP contribution in [0.4, 0.5) is 13.2 Å². The fraction of sp³-hybridized carbons (Fsp3) is 0.200. The molecule has 1 heterocycles. The zero-order valence-electron chi connectivity index (χ0n) is 8.67. The first-order valence-electron chi connectivity index (χ1n) is 4.58. The summed E-state index contributed by atoms with van der Waals surface area (Å²) < 4.78 is 53.4. The largest absolute Gasteiger partial charge is 0.495 e. The number of alkyl halides is 3. The van der Waals surface area contributed by atoms with Crippen LogP contribution < -0.4 is 4.74 Å². The van der Waals surface area contributed by atoms with Crippen molar-refractivity contribution in [2.75, 3.05) is 7.11 Å². The van der Waals surface area contributed by atoms with Crippen molar-refractivity contribution in [2.24, 2.45) is 0 Å². The normalized spacial score (nSPS) is 13.9. The summed E-state index contributed by atoms with van der Waals surface area (Å²) in [7, 11) is -1.63. The maximum Gasteiger partial charge on any atom is 0.475 e. The number of fused-ring (bicyclic) bond motifs is 1. The lowest BCUT2D eigenvalue weighted by Gasteiger charge is -2.05. The number of aromatic nitrogens is 1. The Morgan fingerprint density at radius 3 is 2.65 bits per heavy atom. The first-order chi connectivity index (χ1) is 7.95. The van der Waals surface area contributed by atoms with Gasteiger partial charge in [-0.05, 0) is 6.07 Å². The van der Waals surface area contributed by atoms with Gasteiger partial charge in [-0.3, -0.25) is 0 Å². The molecule has 2 rings (SSSR count). The third-order valence-electron chi connectivity index (χ3n) is 2.27. The highest BCUT2D eigenvalue weighted by Gasteiger charge is 2.39. The van der Waals surface area contributed by atoms with Crippen molar-refractivity contribution >= 4 is 21.7 Å². The van der Waals surface area contributed by atoms with Gasteiger partial charge in [0, 0.05) is 11.6 Å². The van der Waals surface area contributed by atoms with Gasteiger partial charge in [0.2, 0.25) is 0 Å². The predicted octanol–water partition coefficient (Wildman–Crippen LogP) is 2.80. The van der Waals surface area contributed by atoms with Gasteiger partial charge in [0.15, 0.2) is 10.8 Å². The Hall–Kier alpha value is -1.50. The molecule has 1 aromatic carbocycles. The van der Waals surface area contributed by atoms with Crippen molar-refractivity contribution in [3.8, 4) is 5.75 Å². The maximum atomic E-state index is 12.4. The molecule has 0 saturated carbocycles. The average Bonchev–Trinajstić information content (AvgIpc) is 2.69. The molecule has 0 fully saturated rings. The summed E-state index contributed by atoms with van der Waals surface area (Å²) in [6.07, 6.45) is 1.09. The number of halogens is 3. The van der Waals surface area contributed by atoms with E-state index in [1.165, 1.54) is 13.2 Å². The molecule has 0 aliphatic rings. The molecular weight excluding hydrogens is 255 g/mol. The molecule has 0 aliphatic heterocycles. The van der Waals surface area contributed by atoms with Crippen molar-refractivity contribution in [3.63, 3.8) is 0 Å². The molecule has 0 aliphatic carbocycles. The first kappa shape index (κ1) is 12.0. The number of hydrogen-bond donors (Lipinski definition) is 1. The molecule has 0 spiro atoms. The summed E-state index contributed by atoms with van der Waals surface area (Å²) in [5.74, 6) is 0.410. The summed E-state index contributed by atoms with van der Waals surface area (Å²) in [6.45, 7) is 0. The molecule has 1 N–H and O–H groups in total. The van der Waals surface area contributed by atoms with E-state index in [1.807, 2.05) is 0 Å². The van der Waals surface area contributed by atoms with E-state index in [4.69, 9.17) is 4.74 Å². The molecular formula is C10H8F3NO2S. The smallest absolute Gasteiger partial charge is 0.475 e. The molecule has 0 saturated heterocycles. The number of nitrogens with one attached hydrogen (secondary N) is 1. The second-order valence-corrected chi connectivity index (χ2v) is 4.69. The van der Waals surface area contributed by atoms with E-state index in [2.05, 4.69) is 4.98 Å². The average molecular weight is 263 g/mol. The van der Waals surface area contributed by atoms with Crippen LogP contribution in [-0.2, 0) is 10.8 Å². The zero-order chi connectivity index (χ0) is 12.6. The lowest BCUT2D eigenvalue weighted by atomic mass is 10.2. The number of H-pyrrole nitrogens is 1. The quantitative estimate of drug-likeness (QED) is 0.905. The molecule has 1 aromatic heterocycles. The Morgan fingerprint density at radius 1 is 1.35 bits per heavy atom. The van der Waals surface area contributed by atoms with E-state index < -0.39 is 16.3 Å². The van der Waals surface area contributed by atoms with Gasteiger partial charge in [-0.15, -0.1) is 0 Å². The molecule has 1 unspecified atom stereocenters. The van der Waals surface area contributed by atoms with Gasteiger partial charge in [-0.25, -0.2) is 4.21 Å². The van der Waals surface area contributed by atoms with Crippen LogP contribution in [0.1, 0.15) is 0 Å². The minimum absolute atomic E-state index is 0.250. The first-order valence-corrected chi connectivity index (χ1v) is 5.73. The number of rotatable bonds is 2. The molecule has 0 bridgehead atoms. The Bertz CT molecular complexity index is 576. The molecule has 0 radical (unpaired) electrons. The van der Waals surface area contributed by atoms with Crippen molar-refractivity contribution < 1.29 is 22.1 Å². The van der Waals surface area contributed by atoms with E-state index in [-0.39, 0.29) is 10.3 Å². The SMILES string of the molecule is COc1cccc2c(S(=O)C(F)(F)F)c[nH]c12. The van der Waals surface area contributed by atoms with Crippen LogP contribution in [0.3, 0.4) is 0 Å². The highest BCUT2D eigenvalue weighted by Crippen LogP contribution is 2.33. The second kappa shape index (κ2) is 4.06. The van der Waals surface area contributed by atoms with Gasteiger partial charge >= 0.3 is 5.51 Å². The van der Waals surface area contributed by atoms with Gasteiger partial charge in [-0.1, -0.05) is 12.1 Å². The van der Waals surface area contributed by atoms with Gasteiger partial charge in [-0.2, -0.15) is 13.2 Å². The number of aromatic amines is 1. The summed E-state index contributed by atoms with van der Waals surface area (Å²) >= 11 is 0. The highest BCUT2D eigenvalue weighted by atomic mass is 32.2. The molecule has 17 heavy (non-hydrogen) atoms. The molecule has 3 nitrogen and oxygen atoms in total. The van der Waals surface area contributed by atoms with Crippen LogP contribution in [0.5, 0.6) is 5.75 Å². The summed E-state index contributed by atoms with van der Waals surface area (Å²) in [5, 5.41) is 0.250. The molecule has 7 heteroatoms. The number of benzene rings is 1. The third-order valence-corrected chi connectivity index (χ3v) is 3.43. The summed E-state index contributed by atoms with van der Waals surface area (Å²) in [5.41, 5.74) is -4.36. The van der Waals surface area contributed by atoms with E-state index in [0.29, 0.717) is 11.3 Å². The van der Waals surface area contributed by atoms with Gasteiger partial charge in [0.1, 0.15) is 5.75 Å². The van der Waals surface area contributed by atoms with E-state index in [0.717, 1.165) is 6.20 Å². The van der Waals surface area contributed by atoms with Crippen LogP contribution in [0.25, 0.3) is 10.9 Å². The molecule has 0 amide bonds. The minimum Gasteiger partial charge on any atom is -0.495 e. The van der Waals surface area contributed by atoms with Gasteiger partial charge < -0.3 is 9.72 Å². The Kier molecular flexibility index (Phi) is 2.86. The molecule has 2 aromatic rings. The predicted molar refractivity (Wildman–Crippen MR) is 57.3 cm³/mol. The lowest BCUT2D eigenvalue weighted by molar-refractivity contribution is -0.0384. The highest BCUT2D eigenvalue weighted by molar-refractivity contribution is 7.86. The maximum absolute atomic E-state index is 12.4. The van der Waals surface area contributed by atoms with Gasteiger partial charge in [0.05, 0.1) is 17.5 Å². The molecule has 1 atom stereocenters. The van der Waals surface area contributed by atoms with Crippen LogP contribution in [0.15, 0.2) is 29.3 Å². The van der Waals surface area contributed by atoms with Crippen molar-refractivity contribution in [2.45, 2.75) is 10.4 Å². The summed E-state index contributed by atoms with van der Waals surface area (Å²) in [4.78, 5) is 2.36. The van der Waals surface area contributed by atoms with E-state index in [9.17, 15) is 17.4 Å². The number of para-hydroxylation sites is 1. The van der Waals surface area contributed by atoms with E-state index in [1.54, 1.807) is 12.1 Å². The second-order valence-electron chi connectivity index (χ2n) is 3.25. The number of methoxy groups -OCH3 is 1. The third kappa shape index (κ3) is 2.02. The van der Waals surface area contributed by atoms with Crippen molar-refractivity contribution in [1.82, 2.24) is 4.98 Å². The van der Waals surface area contributed by atoms with E-state index >= 15 is 0 Å². The minimum atomic E-state index is -4.77. The van der Waals surface area contributed by atoms with Crippen LogP contribution in [-0.4, -0.2) is 21.8 Å². The summed E-state index contributed by atoms with van der Waals surface area (Å²) in [6, 6.07) is 4.62. The van der Waals surface area contributed by atoms with Gasteiger partial charge in [0.25, 0.3) is 0 Å². The monoisotopic (exact) mass is 263 g/mol. The van der Waals surface area contributed by atoms with Crippen LogP contribution in [0, 0.1) is 0 Å². The fourth-order valence-corrected chi connectivity index (χ4v) is 2.33. The topological polar surface area (TPSA) is 42.1 Å². The lowest BCUT2D eigenvalue weighted by Crippen LogP contribution is -2.15. The standard InChI is InChI=1S/C10H8F3NO2S/c1-16-7-4-2-3-6-8(5-14-9(6)7)17(15)10(11,12)13/h2-5,14H,1H3. The van der Waals surface area contributed by atoms with Crippen molar-refractivity contribution in [3.05, 3.63) is 24.4 Å². The number of ether oxygens (including phenoxy) is 1. The van der Waals surface area contributed by atoms with Crippen molar-refractivity contribution in [1.29, 1.82) is 0 Å². The number of hydrogen-bond acceptors (Lipinski definition) is 2. The Morgan fingerprint density at radius 2 is 2.06 bits per heavy atom. The molecule has 92 valence electrons. The fourth-order valence-electron chi connectivity index (χ4n) is 1.55. The van der Waals surface area contributed by atoms with Crippen LogP contribution in [0.2, 0.25) is 0 Å². The Balaban J connectivity index is 2.62.